The quantitative estimate of drug-likeness (QED) is 0.680. The van der Waals surface area contributed by atoms with E-state index in [1.54, 1.807) is 30.3 Å². The average Bonchev–Trinajstić information content (AvgIpc) is 3.09. The Morgan fingerprint density at radius 2 is 1.91 bits per heavy atom. The molecule has 1 aromatic carbocycles. The number of sulfone groups is 1. The average molecular weight is 470 g/mol. The molecular weight excluding hydrogens is 449 g/mol. The zero-order valence-electron chi connectivity index (χ0n) is 17.3. The second kappa shape index (κ2) is 9.07. The van der Waals surface area contributed by atoms with Gasteiger partial charge < -0.3 is 14.5 Å². The molecule has 1 aliphatic heterocycles. The number of benzene rings is 1. The third kappa shape index (κ3) is 4.96. The van der Waals surface area contributed by atoms with Crippen molar-refractivity contribution in [3.05, 3.63) is 60.2 Å². The molecule has 172 valence electrons. The van der Waals surface area contributed by atoms with E-state index in [9.17, 15) is 26.4 Å². The van der Waals surface area contributed by atoms with Gasteiger partial charge >= 0.3 is 11.6 Å². The molecule has 0 spiro atoms. The smallest absolute Gasteiger partial charge is 0.450 e. The molecule has 1 aliphatic rings. The molecule has 1 N–H and O–H groups in total. The van der Waals surface area contributed by atoms with Crippen molar-refractivity contribution in [2.45, 2.75) is 30.8 Å². The number of nitrogens with one attached hydrogen (secondary N) is 1. The summed E-state index contributed by atoms with van der Waals surface area (Å²) in [6.45, 7) is 4.58. The van der Waals surface area contributed by atoms with Gasteiger partial charge in [-0.3, -0.25) is 10.3 Å². The Bertz CT molecular complexity index is 1120. The fourth-order valence-corrected chi connectivity index (χ4v) is 3.84. The van der Waals surface area contributed by atoms with Crippen LogP contribution >= 0.6 is 0 Å². The molecule has 1 amide bonds. The highest BCUT2D eigenvalue weighted by atomic mass is 32.2. The Kier molecular flexibility index (Phi) is 6.63. The number of hydrogen-bond donors (Lipinski definition) is 1. The van der Waals surface area contributed by atoms with Gasteiger partial charge in [-0.15, -0.1) is 0 Å². The maximum Gasteiger partial charge on any atom is 0.501 e. The van der Waals surface area contributed by atoms with Crippen LogP contribution in [0.3, 0.4) is 0 Å². The Hall–Kier alpha value is -3.28. The first-order valence-corrected chi connectivity index (χ1v) is 11.0. The van der Waals surface area contributed by atoms with Crippen LogP contribution in [-0.4, -0.2) is 43.2 Å². The second-order valence-electron chi connectivity index (χ2n) is 6.90. The van der Waals surface area contributed by atoms with Gasteiger partial charge in [0, 0.05) is 30.3 Å². The van der Waals surface area contributed by atoms with Gasteiger partial charge in [0.2, 0.25) is 0 Å². The summed E-state index contributed by atoms with van der Waals surface area (Å²) in [5.41, 5.74) is -2.66. The molecule has 0 atom stereocenters. The van der Waals surface area contributed by atoms with Gasteiger partial charge in [0.15, 0.2) is 0 Å². The van der Waals surface area contributed by atoms with Crippen molar-refractivity contribution in [3.8, 4) is 0 Å². The Morgan fingerprint density at radius 3 is 2.53 bits per heavy atom. The van der Waals surface area contributed by atoms with Gasteiger partial charge in [0.25, 0.3) is 9.84 Å². The summed E-state index contributed by atoms with van der Waals surface area (Å²) < 4.78 is 66.2. The summed E-state index contributed by atoms with van der Waals surface area (Å²) in [6.07, 6.45) is 4.32. The first kappa shape index (κ1) is 23.4. The maximum absolute atomic E-state index is 12.7. The molecule has 2 aromatic rings. The third-order valence-electron chi connectivity index (χ3n) is 4.73. The lowest BCUT2D eigenvalue weighted by atomic mass is 10.2. The Balaban J connectivity index is 1.73. The van der Waals surface area contributed by atoms with Crippen LogP contribution in [0.1, 0.15) is 19.4 Å². The van der Waals surface area contributed by atoms with Crippen LogP contribution in [0, 0.1) is 0 Å². The molecule has 12 heteroatoms. The van der Waals surface area contributed by atoms with Crippen LogP contribution in [0.5, 0.6) is 0 Å². The van der Waals surface area contributed by atoms with Gasteiger partial charge in [0.1, 0.15) is 0 Å². The zero-order valence-corrected chi connectivity index (χ0v) is 18.1. The predicted octanol–water partition coefficient (Wildman–Crippen LogP) is 4.08. The summed E-state index contributed by atoms with van der Waals surface area (Å²) in [5.74, 6) is 0. The van der Waals surface area contributed by atoms with Gasteiger partial charge in [-0.25, -0.2) is 13.2 Å². The molecule has 0 aliphatic carbocycles. The highest BCUT2D eigenvalue weighted by Gasteiger charge is 2.46. The molecule has 3 rings (SSSR count). The van der Waals surface area contributed by atoms with Crippen molar-refractivity contribution in [3.63, 3.8) is 0 Å². The van der Waals surface area contributed by atoms with Crippen molar-refractivity contribution < 1.29 is 31.1 Å². The van der Waals surface area contributed by atoms with E-state index in [2.05, 4.69) is 10.3 Å². The molecule has 0 bridgehead atoms. The van der Waals surface area contributed by atoms with Crippen LogP contribution in [0.15, 0.2) is 59.5 Å². The molecule has 2 heterocycles. The highest BCUT2D eigenvalue weighted by Crippen LogP contribution is 2.32. The molecule has 8 nitrogen and oxygen atoms in total. The van der Waals surface area contributed by atoms with Gasteiger partial charge in [-0.05, 0) is 49.7 Å². The number of allylic oxidation sites excluding steroid dienone is 1. The van der Waals surface area contributed by atoms with E-state index >= 15 is 0 Å². The molecule has 0 saturated heterocycles. The van der Waals surface area contributed by atoms with Crippen molar-refractivity contribution >= 4 is 27.3 Å². The summed E-state index contributed by atoms with van der Waals surface area (Å²) in [4.78, 5) is 18.7. The van der Waals surface area contributed by atoms with E-state index in [4.69, 9.17) is 4.74 Å². The van der Waals surface area contributed by atoms with Crippen LogP contribution in [0.4, 0.5) is 29.3 Å². The number of aromatic nitrogens is 1. The molecule has 0 radical (unpaired) electrons. The standard InChI is InChI=1S/C20H21F3N4O4S/c1-3-31-19(28)25-18-10-24-9-8-15(18)12-26-13-27(11-14(26)2)16-4-6-17(7-5-16)32(29,30)20(21,22)23/h4-11H,3,12-13H2,1-2H3,(H,25,28). The Morgan fingerprint density at radius 1 is 1.22 bits per heavy atom. The minimum Gasteiger partial charge on any atom is -0.450 e. The van der Waals surface area contributed by atoms with Crippen molar-refractivity contribution in [1.29, 1.82) is 0 Å². The number of carbonyl (C=O) groups excluding carboxylic acids is 1. The van der Waals surface area contributed by atoms with Crippen molar-refractivity contribution in [1.82, 2.24) is 9.88 Å². The van der Waals surface area contributed by atoms with Crippen LogP contribution in [0.2, 0.25) is 0 Å². The fourth-order valence-electron chi connectivity index (χ4n) is 3.08. The number of hydrogen-bond acceptors (Lipinski definition) is 7. The largest absolute Gasteiger partial charge is 0.501 e. The van der Waals surface area contributed by atoms with Gasteiger partial charge in [-0.1, -0.05) is 0 Å². The number of halogens is 3. The van der Waals surface area contributed by atoms with Crippen LogP contribution in [-0.2, 0) is 21.1 Å². The fraction of sp³-hybridized carbons (Fsp3) is 0.300. The minimum absolute atomic E-state index is 0.230. The number of alkyl halides is 3. The predicted molar refractivity (Wildman–Crippen MR) is 111 cm³/mol. The topological polar surface area (TPSA) is 91.8 Å². The zero-order chi connectivity index (χ0) is 23.5. The van der Waals surface area contributed by atoms with E-state index in [1.807, 2.05) is 11.8 Å². The number of rotatable bonds is 6. The van der Waals surface area contributed by atoms with E-state index in [-0.39, 0.29) is 6.61 Å². The second-order valence-corrected chi connectivity index (χ2v) is 8.84. The van der Waals surface area contributed by atoms with Gasteiger partial charge in [-0.2, -0.15) is 13.2 Å². The minimum atomic E-state index is -5.39. The van der Waals surface area contributed by atoms with Crippen LogP contribution in [0.25, 0.3) is 0 Å². The number of carbonyl (C=O) groups is 1. The normalized spacial score (nSPS) is 14.3. The summed E-state index contributed by atoms with van der Waals surface area (Å²) in [5, 5.41) is 2.64. The van der Waals surface area contributed by atoms with Crippen LogP contribution < -0.4 is 10.2 Å². The van der Waals surface area contributed by atoms with E-state index in [1.165, 1.54) is 18.3 Å². The van der Waals surface area contributed by atoms with E-state index in [0.717, 1.165) is 23.4 Å². The van der Waals surface area contributed by atoms with E-state index in [0.29, 0.717) is 24.6 Å². The summed E-state index contributed by atoms with van der Waals surface area (Å²) in [6, 6.07) is 6.29. The van der Waals surface area contributed by atoms with Gasteiger partial charge in [0.05, 0.1) is 30.1 Å². The lowest BCUT2D eigenvalue weighted by molar-refractivity contribution is -0.0436. The molecule has 0 unspecified atom stereocenters. The van der Waals surface area contributed by atoms with E-state index < -0.39 is 26.3 Å². The highest BCUT2D eigenvalue weighted by molar-refractivity contribution is 7.92. The summed E-state index contributed by atoms with van der Waals surface area (Å²) in [7, 11) is -5.39. The lowest BCUT2D eigenvalue weighted by Crippen LogP contribution is -2.27. The Labute approximate surface area is 183 Å². The lowest BCUT2D eigenvalue weighted by Gasteiger charge is -2.24. The monoisotopic (exact) mass is 470 g/mol. The number of amides is 1. The third-order valence-corrected chi connectivity index (χ3v) is 6.23. The number of pyridine rings is 1. The van der Waals surface area contributed by atoms with Crippen molar-refractivity contribution in [2.75, 3.05) is 23.5 Å². The first-order valence-electron chi connectivity index (χ1n) is 9.51. The molecule has 1 aromatic heterocycles. The molecular formula is C20H21F3N4O4S. The number of nitrogens with zero attached hydrogens (tertiary/aromatic N) is 3. The molecule has 32 heavy (non-hydrogen) atoms. The molecule has 0 saturated carbocycles. The number of ether oxygens (including phenoxy) is 1. The summed E-state index contributed by atoms with van der Waals surface area (Å²) >= 11 is 0. The first-order chi connectivity index (χ1) is 15.0. The molecule has 0 fully saturated rings. The SMILES string of the molecule is CCOC(=O)Nc1cnccc1CN1CN(c2ccc(S(=O)(=O)C(F)(F)F)cc2)C=C1C. The number of anilines is 2. The maximum atomic E-state index is 12.7. The van der Waals surface area contributed by atoms with Crippen molar-refractivity contribution in [2.24, 2.45) is 0 Å².